The number of nitrogens with one attached hydrogen (secondary N) is 2. The van der Waals surface area contributed by atoms with E-state index in [1.165, 1.54) is 0 Å². The lowest BCUT2D eigenvalue weighted by molar-refractivity contribution is -0.131. The van der Waals surface area contributed by atoms with Gasteiger partial charge in [-0.2, -0.15) is 0 Å². The Bertz CT molecular complexity index is 744. The largest absolute Gasteiger partial charge is 0.497 e. The predicted octanol–water partition coefficient (Wildman–Crippen LogP) is 1.36. The summed E-state index contributed by atoms with van der Waals surface area (Å²) in [5.41, 5.74) is 2.20. The third-order valence-corrected chi connectivity index (χ3v) is 4.77. The maximum absolute atomic E-state index is 13.2. The zero-order chi connectivity index (χ0) is 18.7. The van der Waals surface area contributed by atoms with E-state index in [0.717, 1.165) is 11.3 Å². The second kappa shape index (κ2) is 7.92. The van der Waals surface area contributed by atoms with Gasteiger partial charge in [-0.15, -0.1) is 0 Å². The van der Waals surface area contributed by atoms with E-state index in [2.05, 4.69) is 10.6 Å². The minimum Gasteiger partial charge on any atom is -0.497 e. The van der Waals surface area contributed by atoms with Crippen molar-refractivity contribution in [3.63, 3.8) is 0 Å². The van der Waals surface area contributed by atoms with Crippen LogP contribution in [0.2, 0.25) is 0 Å². The molecule has 8 heteroatoms. The van der Waals surface area contributed by atoms with Gasteiger partial charge >= 0.3 is 0 Å². The molecule has 2 aliphatic rings. The van der Waals surface area contributed by atoms with Gasteiger partial charge in [0.2, 0.25) is 0 Å². The molecule has 2 heterocycles. The summed E-state index contributed by atoms with van der Waals surface area (Å²) in [4.78, 5) is 15.0. The highest BCUT2D eigenvalue weighted by molar-refractivity contribution is 7.80. The summed E-state index contributed by atoms with van der Waals surface area (Å²) in [6.07, 6.45) is 0. The number of thiocarbonyl (C=S) groups is 1. The van der Waals surface area contributed by atoms with Crippen LogP contribution in [0.5, 0.6) is 11.5 Å². The Kier molecular flexibility index (Phi) is 5.63. The molecule has 0 bridgehead atoms. The van der Waals surface area contributed by atoms with Crippen molar-refractivity contribution >= 4 is 23.2 Å². The number of hydrogen-bond donors (Lipinski definition) is 2. The molecular weight excluding hydrogens is 354 g/mol. The van der Waals surface area contributed by atoms with Crippen LogP contribution in [0.1, 0.15) is 18.5 Å². The van der Waals surface area contributed by atoms with Crippen LogP contribution in [-0.4, -0.2) is 56.4 Å². The smallest absolute Gasteiger partial charge is 0.254 e. The molecule has 1 aromatic carbocycles. The van der Waals surface area contributed by atoms with Gasteiger partial charge in [0.1, 0.15) is 11.5 Å². The number of carbonyl (C=O) groups is 1. The Balaban J connectivity index is 2.01. The average Bonchev–Trinajstić information content (AvgIpc) is 2.67. The van der Waals surface area contributed by atoms with Crippen LogP contribution >= 0.6 is 12.2 Å². The summed E-state index contributed by atoms with van der Waals surface area (Å²) >= 11 is 5.32. The molecule has 0 radical (unpaired) electrons. The number of hydrogen-bond acceptors (Lipinski definition) is 5. The van der Waals surface area contributed by atoms with E-state index >= 15 is 0 Å². The van der Waals surface area contributed by atoms with Crippen LogP contribution in [-0.2, 0) is 9.53 Å². The summed E-state index contributed by atoms with van der Waals surface area (Å²) < 4.78 is 16.2. The van der Waals surface area contributed by atoms with Crippen molar-refractivity contribution < 1.29 is 19.0 Å². The number of methoxy groups -OCH3 is 2. The van der Waals surface area contributed by atoms with Crippen molar-refractivity contribution in [3.8, 4) is 11.5 Å². The zero-order valence-corrected chi connectivity index (χ0v) is 15.9. The Morgan fingerprint density at radius 3 is 2.65 bits per heavy atom. The molecule has 26 heavy (non-hydrogen) atoms. The van der Waals surface area contributed by atoms with Crippen LogP contribution in [0.25, 0.3) is 0 Å². The molecule has 0 aliphatic carbocycles. The molecule has 0 aromatic heterocycles. The first kappa shape index (κ1) is 18.5. The standard InChI is InChI=1S/C18H23N3O4S/c1-11-15(17(22)21-6-8-25-9-7-21)16(20-18(26)19-11)13-5-4-12(23-2)10-14(13)24-3/h4-5,10,16H,6-9H2,1-3H3,(H2,19,20,26). The van der Waals surface area contributed by atoms with Crippen molar-refractivity contribution in [3.05, 3.63) is 35.0 Å². The molecular formula is C18H23N3O4S. The Morgan fingerprint density at radius 1 is 1.27 bits per heavy atom. The summed E-state index contributed by atoms with van der Waals surface area (Å²) in [6.45, 7) is 4.12. The van der Waals surface area contributed by atoms with E-state index in [1.54, 1.807) is 20.3 Å². The number of morpholine rings is 1. The van der Waals surface area contributed by atoms with E-state index in [1.807, 2.05) is 24.0 Å². The van der Waals surface area contributed by atoms with Gasteiger partial charge in [0, 0.05) is 30.4 Å². The third kappa shape index (κ3) is 3.61. The van der Waals surface area contributed by atoms with Gasteiger partial charge in [-0.25, -0.2) is 0 Å². The Hall–Kier alpha value is -2.32. The SMILES string of the molecule is COc1ccc(C2NC(=S)NC(C)=C2C(=O)N2CCOCC2)c(OC)c1. The van der Waals surface area contributed by atoms with Crippen molar-refractivity contribution in [2.75, 3.05) is 40.5 Å². The molecule has 2 N–H and O–H groups in total. The number of benzene rings is 1. The predicted molar refractivity (Wildman–Crippen MR) is 101 cm³/mol. The highest BCUT2D eigenvalue weighted by Crippen LogP contribution is 2.36. The fourth-order valence-electron chi connectivity index (χ4n) is 3.20. The molecule has 1 fully saturated rings. The van der Waals surface area contributed by atoms with Crippen LogP contribution in [0.4, 0.5) is 0 Å². The topological polar surface area (TPSA) is 72.1 Å². The fourth-order valence-corrected chi connectivity index (χ4v) is 3.48. The minimum atomic E-state index is -0.403. The van der Waals surface area contributed by atoms with Crippen molar-refractivity contribution in [2.24, 2.45) is 0 Å². The monoisotopic (exact) mass is 377 g/mol. The lowest BCUT2D eigenvalue weighted by Gasteiger charge is -2.35. The molecule has 2 aliphatic heterocycles. The quantitative estimate of drug-likeness (QED) is 0.768. The molecule has 1 amide bonds. The summed E-state index contributed by atoms with van der Waals surface area (Å²) in [7, 11) is 3.20. The highest BCUT2D eigenvalue weighted by atomic mass is 32.1. The normalized spacial score (nSPS) is 20.3. The number of ether oxygens (including phenoxy) is 3. The average molecular weight is 377 g/mol. The molecule has 0 spiro atoms. The molecule has 1 unspecified atom stereocenters. The van der Waals surface area contributed by atoms with Gasteiger partial charge in [0.15, 0.2) is 5.11 Å². The molecule has 0 saturated carbocycles. The van der Waals surface area contributed by atoms with E-state index in [4.69, 9.17) is 26.4 Å². The number of rotatable bonds is 4. The van der Waals surface area contributed by atoms with Crippen LogP contribution in [0, 0.1) is 0 Å². The van der Waals surface area contributed by atoms with Gasteiger partial charge in [-0.3, -0.25) is 4.79 Å². The number of nitrogens with zero attached hydrogens (tertiary/aromatic N) is 1. The third-order valence-electron chi connectivity index (χ3n) is 4.55. The lowest BCUT2D eigenvalue weighted by atomic mass is 9.93. The first-order chi connectivity index (χ1) is 12.5. The number of carbonyl (C=O) groups excluding carboxylic acids is 1. The second-order valence-electron chi connectivity index (χ2n) is 6.08. The van der Waals surface area contributed by atoms with E-state index in [-0.39, 0.29) is 5.91 Å². The van der Waals surface area contributed by atoms with E-state index in [0.29, 0.717) is 48.5 Å². The Morgan fingerprint density at radius 2 is 2.00 bits per heavy atom. The minimum absolute atomic E-state index is 0.0313. The van der Waals surface area contributed by atoms with Gasteiger partial charge in [0.05, 0.1) is 39.0 Å². The van der Waals surface area contributed by atoms with Crippen molar-refractivity contribution in [1.82, 2.24) is 15.5 Å². The number of amides is 1. The van der Waals surface area contributed by atoms with Crippen LogP contribution in [0.15, 0.2) is 29.5 Å². The summed E-state index contributed by atoms with van der Waals surface area (Å²) in [5, 5.41) is 6.75. The molecule has 7 nitrogen and oxygen atoms in total. The lowest BCUT2D eigenvalue weighted by Crippen LogP contribution is -2.49. The second-order valence-corrected chi connectivity index (χ2v) is 6.49. The fraction of sp³-hybridized carbons (Fsp3) is 0.444. The van der Waals surface area contributed by atoms with E-state index in [9.17, 15) is 4.79 Å². The summed E-state index contributed by atoms with van der Waals surface area (Å²) in [5.74, 6) is 1.28. The van der Waals surface area contributed by atoms with Crippen molar-refractivity contribution in [2.45, 2.75) is 13.0 Å². The molecule has 1 saturated heterocycles. The van der Waals surface area contributed by atoms with Gasteiger partial charge in [-0.05, 0) is 31.3 Å². The zero-order valence-electron chi connectivity index (χ0n) is 15.1. The van der Waals surface area contributed by atoms with Crippen molar-refractivity contribution in [1.29, 1.82) is 0 Å². The first-order valence-electron chi connectivity index (χ1n) is 8.42. The maximum atomic E-state index is 13.2. The van der Waals surface area contributed by atoms with Crippen LogP contribution < -0.4 is 20.1 Å². The molecule has 140 valence electrons. The summed E-state index contributed by atoms with van der Waals surface area (Å²) in [6, 6.07) is 5.13. The van der Waals surface area contributed by atoms with Gasteiger partial charge in [0.25, 0.3) is 5.91 Å². The molecule has 1 atom stereocenters. The van der Waals surface area contributed by atoms with Gasteiger partial charge in [-0.1, -0.05) is 0 Å². The van der Waals surface area contributed by atoms with Crippen LogP contribution in [0.3, 0.4) is 0 Å². The number of allylic oxidation sites excluding steroid dienone is 1. The first-order valence-corrected chi connectivity index (χ1v) is 8.83. The maximum Gasteiger partial charge on any atom is 0.254 e. The Labute approximate surface area is 158 Å². The van der Waals surface area contributed by atoms with E-state index < -0.39 is 6.04 Å². The molecule has 1 aromatic rings. The molecule has 3 rings (SSSR count). The van der Waals surface area contributed by atoms with Gasteiger partial charge < -0.3 is 29.7 Å². The highest BCUT2D eigenvalue weighted by Gasteiger charge is 2.34.